The van der Waals surface area contributed by atoms with E-state index in [1.807, 2.05) is 36.5 Å². The zero-order chi connectivity index (χ0) is 41.4. The largest absolute Gasteiger partial charge is 0.507 e. The van der Waals surface area contributed by atoms with Gasteiger partial charge in [-0.05, 0) is 69.3 Å². The molecule has 1 N–H and O–H groups in total. The van der Waals surface area contributed by atoms with Crippen molar-refractivity contribution < 1.29 is 30.6 Å². The standard InChI is InChI=1S/C54H50N3O2.Pt/c1-52(2,3)36-25-26-45(40(28-36)33-17-11-10-12-18-33)57-46-23-16-22-38(49(46)56-51(57)41-29-37(53(4,5)6)30-43(50(41)58)54(7,8)9)34-19-15-20-35(27-34)44-31-48-42(32-55-44)39-21-13-14-24-47(39)59-48;/h10-26,28-32,58H,1-9H3;/q-1;. The Hall–Kier alpha value is -5.77. The second-order valence-electron chi connectivity index (χ2n) is 18.9. The molecule has 3 aromatic heterocycles. The van der Waals surface area contributed by atoms with Crippen LogP contribution in [0.1, 0.15) is 79.0 Å². The smallest absolute Gasteiger partial charge is 0.148 e. The van der Waals surface area contributed by atoms with Gasteiger partial charge in [0.15, 0.2) is 0 Å². The second kappa shape index (κ2) is 15.0. The van der Waals surface area contributed by atoms with Gasteiger partial charge >= 0.3 is 0 Å². The van der Waals surface area contributed by atoms with E-state index >= 15 is 0 Å². The van der Waals surface area contributed by atoms with E-state index in [0.717, 1.165) is 83.3 Å². The number of hydrogen-bond donors (Lipinski definition) is 1. The number of rotatable bonds is 5. The number of benzene rings is 6. The van der Waals surface area contributed by atoms with Crippen molar-refractivity contribution >= 4 is 33.0 Å². The number of furan rings is 1. The molecule has 304 valence electrons. The Labute approximate surface area is 367 Å². The number of fused-ring (bicyclic) bond motifs is 4. The molecule has 9 rings (SSSR count). The molecular formula is C54H50N3O2Pt-. The van der Waals surface area contributed by atoms with E-state index in [0.29, 0.717) is 11.4 Å². The van der Waals surface area contributed by atoms with Crippen LogP contribution in [-0.4, -0.2) is 19.6 Å². The van der Waals surface area contributed by atoms with E-state index in [2.05, 4.69) is 170 Å². The molecule has 3 heterocycles. The van der Waals surface area contributed by atoms with Gasteiger partial charge in [0.2, 0.25) is 0 Å². The third-order valence-electron chi connectivity index (χ3n) is 11.5. The maximum absolute atomic E-state index is 12.4. The molecule has 0 saturated carbocycles. The van der Waals surface area contributed by atoms with Crippen molar-refractivity contribution in [1.29, 1.82) is 0 Å². The van der Waals surface area contributed by atoms with Crippen LogP contribution in [-0.2, 0) is 37.3 Å². The van der Waals surface area contributed by atoms with Crippen molar-refractivity contribution in [3.8, 4) is 56.3 Å². The van der Waals surface area contributed by atoms with Gasteiger partial charge in [0, 0.05) is 54.9 Å². The van der Waals surface area contributed by atoms with Gasteiger partial charge in [0.1, 0.15) is 22.7 Å². The first kappa shape index (κ1) is 41.0. The van der Waals surface area contributed by atoms with Gasteiger partial charge in [-0.15, -0.1) is 29.8 Å². The van der Waals surface area contributed by atoms with Crippen molar-refractivity contribution in [2.75, 3.05) is 0 Å². The molecule has 0 aliphatic heterocycles. The molecule has 6 heteroatoms. The zero-order valence-electron chi connectivity index (χ0n) is 35.7. The quantitative estimate of drug-likeness (QED) is 0.175. The molecule has 0 spiro atoms. The molecule has 0 aliphatic carbocycles. The number of aromatic hydroxyl groups is 1. The first-order chi connectivity index (χ1) is 28.1. The van der Waals surface area contributed by atoms with Gasteiger partial charge in [0.25, 0.3) is 0 Å². The van der Waals surface area contributed by atoms with E-state index in [1.54, 1.807) is 0 Å². The van der Waals surface area contributed by atoms with Gasteiger partial charge in [-0.25, -0.2) is 4.98 Å². The Balaban J connectivity index is 0.00000499. The number of nitrogens with zero attached hydrogens (tertiary/aromatic N) is 3. The van der Waals surface area contributed by atoms with Crippen LogP contribution in [0.15, 0.2) is 138 Å². The second-order valence-corrected chi connectivity index (χ2v) is 18.9. The molecule has 0 bridgehead atoms. The maximum Gasteiger partial charge on any atom is 0.148 e. The first-order valence-electron chi connectivity index (χ1n) is 20.5. The Kier molecular flexibility index (Phi) is 10.3. The first-order valence-corrected chi connectivity index (χ1v) is 20.5. The van der Waals surface area contributed by atoms with E-state index in [9.17, 15) is 5.11 Å². The number of hydrogen-bond acceptors (Lipinski definition) is 4. The molecule has 0 aliphatic rings. The monoisotopic (exact) mass is 967 g/mol. The number of phenols is 1. The molecule has 0 fully saturated rings. The normalized spacial score (nSPS) is 12.3. The minimum absolute atomic E-state index is 0. The number of aromatic nitrogens is 3. The average molecular weight is 968 g/mol. The fourth-order valence-electron chi connectivity index (χ4n) is 8.14. The summed E-state index contributed by atoms with van der Waals surface area (Å²) in [6, 6.07) is 47.9. The summed E-state index contributed by atoms with van der Waals surface area (Å²) in [7, 11) is 0. The number of phenolic OH excluding ortho intramolecular Hbond substituents is 1. The molecule has 6 aromatic carbocycles. The van der Waals surface area contributed by atoms with Crippen LogP contribution in [0, 0.1) is 6.07 Å². The summed E-state index contributed by atoms with van der Waals surface area (Å²) < 4.78 is 8.49. The fraction of sp³-hybridized carbons (Fsp3) is 0.222. The zero-order valence-corrected chi connectivity index (χ0v) is 38.0. The van der Waals surface area contributed by atoms with Gasteiger partial charge in [-0.2, -0.15) is 0 Å². The van der Waals surface area contributed by atoms with Crippen molar-refractivity contribution in [1.82, 2.24) is 14.5 Å². The average Bonchev–Trinajstić information content (AvgIpc) is 3.78. The summed E-state index contributed by atoms with van der Waals surface area (Å²) >= 11 is 0. The molecule has 60 heavy (non-hydrogen) atoms. The fourth-order valence-corrected chi connectivity index (χ4v) is 8.14. The summed E-state index contributed by atoms with van der Waals surface area (Å²) in [6.07, 6.45) is 1.89. The Morgan fingerprint density at radius 2 is 1.27 bits per heavy atom. The molecular weight excluding hydrogens is 918 g/mol. The van der Waals surface area contributed by atoms with Crippen LogP contribution in [0.2, 0.25) is 0 Å². The van der Waals surface area contributed by atoms with E-state index in [1.165, 1.54) is 5.56 Å². The van der Waals surface area contributed by atoms with E-state index in [4.69, 9.17) is 14.4 Å². The summed E-state index contributed by atoms with van der Waals surface area (Å²) in [4.78, 5) is 10.5. The van der Waals surface area contributed by atoms with E-state index in [-0.39, 0.29) is 43.1 Å². The molecule has 0 unspecified atom stereocenters. The molecule has 0 saturated heterocycles. The minimum atomic E-state index is -0.319. The summed E-state index contributed by atoms with van der Waals surface area (Å²) in [5.74, 6) is 0.923. The number of imidazole rings is 1. The van der Waals surface area contributed by atoms with Crippen LogP contribution in [0.25, 0.3) is 83.6 Å². The SMILES string of the molecule is CC(C)(C)c1ccc(-n2c(-c3cc(C(C)(C)C)cc(C(C)(C)C)c3O)nc3c(-c4[c-]c(-c5cc6oc7ccccc7c6cn5)ccc4)cccc32)c(-c2ccccc2)c1.[Pt]. The minimum Gasteiger partial charge on any atom is -0.507 e. The van der Waals surface area contributed by atoms with Gasteiger partial charge in [0.05, 0.1) is 22.3 Å². The summed E-state index contributed by atoms with van der Waals surface area (Å²) in [5, 5.41) is 14.4. The summed E-state index contributed by atoms with van der Waals surface area (Å²) in [5.41, 5.74) is 13.4. The predicted molar refractivity (Wildman–Crippen MR) is 244 cm³/mol. The number of para-hydroxylation sites is 2. The van der Waals surface area contributed by atoms with Crippen LogP contribution >= 0.6 is 0 Å². The van der Waals surface area contributed by atoms with Crippen molar-refractivity contribution in [2.24, 2.45) is 0 Å². The van der Waals surface area contributed by atoms with Crippen LogP contribution < -0.4 is 0 Å². The van der Waals surface area contributed by atoms with Crippen molar-refractivity contribution in [3.05, 3.63) is 156 Å². The van der Waals surface area contributed by atoms with Gasteiger partial charge in [-0.3, -0.25) is 9.55 Å². The predicted octanol–water partition coefficient (Wildman–Crippen LogP) is 14.4. The van der Waals surface area contributed by atoms with Gasteiger partial charge in [-0.1, -0.05) is 146 Å². The molecule has 0 atom stereocenters. The third-order valence-corrected chi connectivity index (χ3v) is 11.5. The Morgan fingerprint density at radius 3 is 2.00 bits per heavy atom. The molecule has 5 nitrogen and oxygen atoms in total. The molecule has 9 aromatic rings. The topological polar surface area (TPSA) is 64.1 Å². The van der Waals surface area contributed by atoms with Crippen molar-refractivity contribution in [2.45, 2.75) is 78.6 Å². The maximum atomic E-state index is 12.4. The van der Waals surface area contributed by atoms with E-state index < -0.39 is 0 Å². The third kappa shape index (κ3) is 7.28. The van der Waals surface area contributed by atoms with Crippen molar-refractivity contribution in [3.63, 3.8) is 0 Å². The van der Waals surface area contributed by atoms with Gasteiger partial charge < -0.3 is 9.52 Å². The Morgan fingerprint density at radius 1 is 0.583 bits per heavy atom. The molecule has 0 amide bonds. The molecule has 0 radical (unpaired) electrons. The van der Waals surface area contributed by atoms with Crippen LogP contribution in [0.3, 0.4) is 0 Å². The summed E-state index contributed by atoms with van der Waals surface area (Å²) in [6.45, 7) is 19.9. The number of pyridine rings is 1. The van der Waals surface area contributed by atoms with Crippen LogP contribution in [0.5, 0.6) is 5.75 Å². The van der Waals surface area contributed by atoms with Crippen LogP contribution in [0.4, 0.5) is 0 Å². The Bertz CT molecular complexity index is 3060.